The van der Waals surface area contributed by atoms with Crippen molar-refractivity contribution in [1.82, 2.24) is 9.21 Å². The van der Waals surface area contributed by atoms with E-state index in [4.69, 9.17) is 9.47 Å². The maximum Gasteiger partial charge on any atom is 0.269 e. The van der Waals surface area contributed by atoms with Crippen molar-refractivity contribution >= 4 is 33.0 Å². The molecule has 0 unspecified atom stereocenters. The molecule has 1 heterocycles. The lowest BCUT2D eigenvalue weighted by atomic mass is 9.95. The van der Waals surface area contributed by atoms with Crippen LogP contribution in [0.3, 0.4) is 0 Å². The maximum atomic E-state index is 13.9. The van der Waals surface area contributed by atoms with Crippen molar-refractivity contribution in [2.45, 2.75) is 56.0 Å². The predicted molar refractivity (Wildman–Crippen MR) is 157 cm³/mol. The van der Waals surface area contributed by atoms with Crippen LogP contribution in [0.4, 0.5) is 5.69 Å². The van der Waals surface area contributed by atoms with E-state index in [1.165, 1.54) is 39.9 Å². The van der Waals surface area contributed by atoms with Gasteiger partial charge in [0.1, 0.15) is 0 Å². The SMILES string of the molecule is COc1ccc(CCN(Cc2cccs2)C(=O)CN(C2CCCCC2)S(=O)(=O)c2ccc([N+](=O)[O-])cc2)cc1OC. The Balaban J connectivity index is 1.59. The average Bonchev–Trinajstić information content (AvgIpc) is 3.51. The summed E-state index contributed by atoms with van der Waals surface area (Å²) in [6.45, 7) is 0.434. The zero-order chi connectivity index (χ0) is 29.4. The Labute approximate surface area is 244 Å². The highest BCUT2D eigenvalue weighted by molar-refractivity contribution is 7.89. The molecular formula is C29H35N3O7S2. The van der Waals surface area contributed by atoms with Crippen molar-refractivity contribution in [2.75, 3.05) is 27.3 Å². The molecule has 220 valence electrons. The summed E-state index contributed by atoms with van der Waals surface area (Å²) in [5.74, 6) is 0.913. The van der Waals surface area contributed by atoms with Gasteiger partial charge in [-0.25, -0.2) is 8.42 Å². The highest BCUT2D eigenvalue weighted by Gasteiger charge is 2.35. The molecule has 3 aromatic rings. The lowest BCUT2D eigenvalue weighted by Crippen LogP contribution is -2.48. The van der Waals surface area contributed by atoms with E-state index in [9.17, 15) is 23.3 Å². The molecule has 1 aliphatic rings. The molecule has 0 bridgehead atoms. The number of nitro benzene ring substituents is 1. The lowest BCUT2D eigenvalue weighted by molar-refractivity contribution is -0.384. The van der Waals surface area contributed by atoms with Crippen LogP contribution in [-0.4, -0.2) is 61.8 Å². The van der Waals surface area contributed by atoms with E-state index in [1.54, 1.807) is 19.1 Å². The second-order valence-electron chi connectivity index (χ2n) is 9.93. The summed E-state index contributed by atoms with van der Waals surface area (Å²) in [5.41, 5.74) is 0.760. The molecule has 12 heteroatoms. The normalized spacial score (nSPS) is 14.1. The smallest absolute Gasteiger partial charge is 0.269 e. The Morgan fingerprint density at radius 1 is 1.02 bits per heavy atom. The first-order chi connectivity index (χ1) is 19.7. The van der Waals surface area contributed by atoms with E-state index in [1.807, 2.05) is 35.7 Å². The fraction of sp³-hybridized carbons (Fsp3) is 0.414. The van der Waals surface area contributed by atoms with Crippen molar-refractivity contribution in [3.63, 3.8) is 0 Å². The number of ether oxygens (including phenoxy) is 2. The van der Waals surface area contributed by atoms with Gasteiger partial charge in [-0.15, -0.1) is 11.3 Å². The van der Waals surface area contributed by atoms with Gasteiger partial charge in [-0.1, -0.05) is 31.4 Å². The molecule has 0 N–H and O–H groups in total. The van der Waals surface area contributed by atoms with Gasteiger partial charge in [0, 0.05) is 29.6 Å². The van der Waals surface area contributed by atoms with Crippen molar-refractivity contribution in [2.24, 2.45) is 0 Å². The zero-order valence-corrected chi connectivity index (χ0v) is 24.9. The van der Waals surface area contributed by atoms with Gasteiger partial charge in [0.05, 0.1) is 37.1 Å². The molecule has 0 saturated heterocycles. The molecule has 1 saturated carbocycles. The highest BCUT2D eigenvalue weighted by Crippen LogP contribution is 2.30. The first-order valence-electron chi connectivity index (χ1n) is 13.5. The highest BCUT2D eigenvalue weighted by atomic mass is 32.2. The van der Waals surface area contributed by atoms with Crippen LogP contribution in [0.1, 0.15) is 42.5 Å². The molecule has 0 radical (unpaired) electrons. The van der Waals surface area contributed by atoms with Gasteiger partial charge in [0.15, 0.2) is 11.5 Å². The quantitative estimate of drug-likeness (QED) is 0.193. The number of nitro groups is 1. The fourth-order valence-corrected chi connectivity index (χ4v) is 7.42. The second kappa shape index (κ2) is 13.9. The minimum Gasteiger partial charge on any atom is -0.493 e. The molecule has 1 amide bonds. The fourth-order valence-electron chi connectivity index (χ4n) is 5.07. The number of nitrogens with zero attached hydrogens (tertiary/aromatic N) is 3. The molecule has 4 rings (SSSR count). The molecule has 0 spiro atoms. The third kappa shape index (κ3) is 7.63. The molecule has 1 fully saturated rings. The van der Waals surface area contributed by atoms with Gasteiger partial charge in [-0.2, -0.15) is 4.31 Å². The number of rotatable bonds is 13. The maximum absolute atomic E-state index is 13.9. The van der Waals surface area contributed by atoms with Crippen LogP contribution in [0.2, 0.25) is 0 Å². The van der Waals surface area contributed by atoms with Crippen LogP contribution in [0.15, 0.2) is 64.9 Å². The van der Waals surface area contributed by atoms with Crippen LogP contribution in [-0.2, 0) is 27.8 Å². The third-order valence-electron chi connectivity index (χ3n) is 7.33. The summed E-state index contributed by atoms with van der Waals surface area (Å²) >= 11 is 1.54. The number of methoxy groups -OCH3 is 2. The van der Waals surface area contributed by atoms with Gasteiger partial charge < -0.3 is 14.4 Å². The van der Waals surface area contributed by atoms with Gasteiger partial charge in [0.2, 0.25) is 15.9 Å². The summed E-state index contributed by atoms with van der Waals surface area (Å²) < 4.78 is 39.8. The Bertz CT molecular complexity index is 1420. The monoisotopic (exact) mass is 601 g/mol. The molecule has 1 aromatic heterocycles. The number of carbonyl (C=O) groups excluding carboxylic acids is 1. The van der Waals surface area contributed by atoms with E-state index >= 15 is 0 Å². The lowest BCUT2D eigenvalue weighted by Gasteiger charge is -2.34. The van der Waals surface area contributed by atoms with Crippen LogP contribution in [0.25, 0.3) is 0 Å². The van der Waals surface area contributed by atoms with E-state index in [0.29, 0.717) is 43.9 Å². The first-order valence-corrected chi connectivity index (χ1v) is 15.8. The first kappa shape index (κ1) is 30.5. The summed E-state index contributed by atoms with van der Waals surface area (Å²) in [4.78, 5) is 27.1. The van der Waals surface area contributed by atoms with Crippen molar-refractivity contribution in [3.05, 3.63) is 80.5 Å². The molecule has 41 heavy (non-hydrogen) atoms. The van der Waals surface area contributed by atoms with E-state index in [0.717, 1.165) is 29.7 Å². The number of hydrogen-bond acceptors (Lipinski definition) is 8. The number of hydrogen-bond donors (Lipinski definition) is 0. The third-order valence-corrected chi connectivity index (χ3v) is 10.1. The van der Waals surface area contributed by atoms with Gasteiger partial charge in [0.25, 0.3) is 5.69 Å². The molecular weight excluding hydrogens is 566 g/mol. The Hall–Kier alpha value is -3.48. The summed E-state index contributed by atoms with van der Waals surface area (Å²) in [7, 11) is -0.942. The van der Waals surface area contributed by atoms with Gasteiger partial charge in [-0.3, -0.25) is 14.9 Å². The largest absolute Gasteiger partial charge is 0.493 e. The Morgan fingerprint density at radius 3 is 2.34 bits per heavy atom. The van der Waals surface area contributed by atoms with Crippen LogP contribution < -0.4 is 9.47 Å². The van der Waals surface area contributed by atoms with Crippen molar-refractivity contribution in [1.29, 1.82) is 0 Å². The zero-order valence-electron chi connectivity index (χ0n) is 23.2. The van der Waals surface area contributed by atoms with E-state index in [2.05, 4.69) is 0 Å². The molecule has 2 aromatic carbocycles. The average molecular weight is 602 g/mol. The Morgan fingerprint density at radius 2 is 1.73 bits per heavy atom. The standard InChI is InChI=1S/C29H35N3O7S2/c1-38-27-15-10-22(19-28(27)39-2)16-17-30(20-25-9-6-18-40-25)29(33)21-31(23-7-4-3-5-8-23)41(36,37)26-13-11-24(12-14-26)32(34)35/h6,9-15,18-19,23H,3-5,7-8,16-17,20-21H2,1-2H3. The number of sulfonamides is 1. The predicted octanol–water partition coefficient (Wildman–Crippen LogP) is 5.27. The number of non-ortho nitro benzene ring substituents is 1. The molecule has 10 nitrogen and oxygen atoms in total. The minimum atomic E-state index is -4.08. The van der Waals surface area contributed by atoms with Crippen molar-refractivity contribution < 1.29 is 27.6 Å². The van der Waals surface area contributed by atoms with Crippen LogP contribution in [0, 0.1) is 10.1 Å². The molecule has 0 aliphatic heterocycles. The number of benzene rings is 2. The number of thiophene rings is 1. The topological polar surface area (TPSA) is 119 Å². The summed E-state index contributed by atoms with van der Waals surface area (Å²) in [6, 6.07) is 14.0. The molecule has 1 aliphatic carbocycles. The minimum absolute atomic E-state index is 0.0587. The van der Waals surface area contributed by atoms with Crippen molar-refractivity contribution in [3.8, 4) is 11.5 Å². The van der Waals surface area contributed by atoms with Crippen LogP contribution in [0.5, 0.6) is 11.5 Å². The van der Waals surface area contributed by atoms with E-state index in [-0.39, 0.29) is 29.1 Å². The van der Waals surface area contributed by atoms with Crippen LogP contribution >= 0.6 is 11.3 Å². The van der Waals surface area contributed by atoms with Gasteiger partial charge >= 0.3 is 0 Å². The summed E-state index contributed by atoms with van der Waals surface area (Å²) in [6.07, 6.45) is 4.64. The van der Waals surface area contributed by atoms with E-state index < -0.39 is 14.9 Å². The van der Waals surface area contributed by atoms with Gasteiger partial charge in [-0.05, 0) is 60.5 Å². The summed E-state index contributed by atoms with van der Waals surface area (Å²) in [5, 5.41) is 13.1. The Kier molecular flexibility index (Phi) is 10.4. The number of amides is 1. The second-order valence-corrected chi connectivity index (χ2v) is 12.8. The molecule has 0 atom stereocenters. The number of carbonyl (C=O) groups is 1.